The van der Waals surface area contributed by atoms with Gasteiger partial charge in [0.25, 0.3) is 0 Å². The molecule has 0 aliphatic carbocycles. The van der Waals surface area contributed by atoms with Gasteiger partial charge in [-0.15, -0.1) is 11.3 Å². The lowest BCUT2D eigenvalue weighted by Crippen LogP contribution is -2.21. The van der Waals surface area contributed by atoms with E-state index in [2.05, 4.69) is 9.88 Å². The third kappa shape index (κ3) is 2.30. The third-order valence-electron chi connectivity index (χ3n) is 2.41. The van der Waals surface area contributed by atoms with Crippen LogP contribution in [0.25, 0.3) is 0 Å². The van der Waals surface area contributed by atoms with Gasteiger partial charge in [-0.2, -0.15) is 0 Å². The number of aromatic nitrogens is 1. The van der Waals surface area contributed by atoms with Crippen molar-refractivity contribution in [2.24, 2.45) is 5.73 Å². The van der Waals surface area contributed by atoms with Crippen molar-refractivity contribution in [3.05, 3.63) is 16.1 Å². The number of rotatable bonds is 3. The van der Waals surface area contributed by atoms with Crippen molar-refractivity contribution in [3.8, 4) is 0 Å². The molecule has 0 radical (unpaired) electrons. The summed E-state index contributed by atoms with van der Waals surface area (Å²) in [6.45, 7) is 3.10. The van der Waals surface area contributed by atoms with E-state index < -0.39 is 0 Å². The maximum atomic E-state index is 9.35. The molecule has 1 atom stereocenters. The van der Waals surface area contributed by atoms with Gasteiger partial charge in [0.2, 0.25) is 0 Å². The highest BCUT2D eigenvalue weighted by Gasteiger charge is 2.20. The number of hydrogen-bond acceptors (Lipinski definition) is 5. The van der Waals surface area contributed by atoms with Gasteiger partial charge < -0.3 is 10.8 Å². The van der Waals surface area contributed by atoms with E-state index in [1.165, 1.54) is 0 Å². The SMILES string of the molecule is NCc1nc(CN2CCC(O)C2)cs1. The van der Waals surface area contributed by atoms with Crippen LogP contribution in [-0.2, 0) is 13.1 Å². The maximum absolute atomic E-state index is 9.35. The molecular formula is C9H15N3OS. The molecule has 1 aromatic rings. The molecule has 78 valence electrons. The number of β-amino-alcohol motifs (C(OH)–C–C–N with tert-alkyl or cyclic N) is 1. The van der Waals surface area contributed by atoms with Crippen LogP contribution in [0.3, 0.4) is 0 Å². The second kappa shape index (κ2) is 4.35. The van der Waals surface area contributed by atoms with E-state index >= 15 is 0 Å². The zero-order valence-electron chi connectivity index (χ0n) is 8.02. The van der Waals surface area contributed by atoms with E-state index in [0.29, 0.717) is 6.54 Å². The van der Waals surface area contributed by atoms with E-state index in [0.717, 1.165) is 36.8 Å². The Balaban J connectivity index is 1.90. The van der Waals surface area contributed by atoms with Crippen LogP contribution in [0, 0.1) is 0 Å². The molecule has 1 fully saturated rings. The zero-order valence-corrected chi connectivity index (χ0v) is 8.83. The summed E-state index contributed by atoms with van der Waals surface area (Å²) < 4.78 is 0. The smallest absolute Gasteiger partial charge is 0.106 e. The lowest BCUT2D eigenvalue weighted by Gasteiger charge is -2.12. The normalized spacial score (nSPS) is 23.1. The number of thiazole rings is 1. The van der Waals surface area contributed by atoms with Gasteiger partial charge in [-0.25, -0.2) is 4.98 Å². The number of aliphatic hydroxyl groups excluding tert-OH is 1. The van der Waals surface area contributed by atoms with E-state index in [1.54, 1.807) is 11.3 Å². The summed E-state index contributed by atoms with van der Waals surface area (Å²) >= 11 is 1.61. The number of hydrogen-bond donors (Lipinski definition) is 2. The van der Waals surface area contributed by atoms with E-state index in [1.807, 2.05) is 5.38 Å². The molecular weight excluding hydrogens is 198 g/mol. The summed E-state index contributed by atoms with van der Waals surface area (Å²) in [6, 6.07) is 0. The molecule has 0 saturated carbocycles. The highest BCUT2D eigenvalue weighted by molar-refractivity contribution is 7.09. The molecule has 1 unspecified atom stereocenters. The quantitative estimate of drug-likeness (QED) is 0.751. The zero-order chi connectivity index (χ0) is 9.97. The molecule has 5 heteroatoms. The van der Waals surface area contributed by atoms with Crippen LogP contribution in [0.5, 0.6) is 0 Å². The van der Waals surface area contributed by atoms with Crippen molar-refractivity contribution in [2.75, 3.05) is 13.1 Å². The first-order chi connectivity index (χ1) is 6.78. The van der Waals surface area contributed by atoms with Crippen LogP contribution in [0.4, 0.5) is 0 Å². The van der Waals surface area contributed by atoms with Gasteiger partial charge in [0.05, 0.1) is 11.8 Å². The molecule has 2 rings (SSSR count). The number of nitrogens with two attached hydrogens (primary N) is 1. The average molecular weight is 213 g/mol. The summed E-state index contributed by atoms with van der Waals surface area (Å²) in [5.41, 5.74) is 6.56. The molecule has 3 N–H and O–H groups in total. The molecule has 1 aliphatic heterocycles. The Morgan fingerprint density at radius 1 is 1.71 bits per heavy atom. The first-order valence-corrected chi connectivity index (χ1v) is 5.69. The topological polar surface area (TPSA) is 62.4 Å². The molecule has 0 amide bonds. The molecule has 1 saturated heterocycles. The number of nitrogens with zero attached hydrogens (tertiary/aromatic N) is 2. The Kier molecular flexibility index (Phi) is 3.12. The van der Waals surface area contributed by atoms with E-state index in [9.17, 15) is 5.11 Å². The summed E-state index contributed by atoms with van der Waals surface area (Å²) in [5.74, 6) is 0. The highest BCUT2D eigenvalue weighted by atomic mass is 32.1. The van der Waals surface area contributed by atoms with Gasteiger partial charge >= 0.3 is 0 Å². The number of aliphatic hydroxyl groups is 1. The fourth-order valence-electron chi connectivity index (χ4n) is 1.70. The first kappa shape index (κ1) is 10.0. The molecule has 0 bridgehead atoms. The van der Waals surface area contributed by atoms with Crippen molar-refractivity contribution >= 4 is 11.3 Å². The minimum Gasteiger partial charge on any atom is -0.392 e. The molecule has 1 aromatic heterocycles. The van der Waals surface area contributed by atoms with Crippen LogP contribution in [-0.4, -0.2) is 34.2 Å². The summed E-state index contributed by atoms with van der Waals surface area (Å²) in [7, 11) is 0. The Hall–Kier alpha value is -0.490. The van der Waals surface area contributed by atoms with Crippen LogP contribution in [0.15, 0.2) is 5.38 Å². The van der Waals surface area contributed by atoms with Gasteiger partial charge in [0.15, 0.2) is 0 Å². The van der Waals surface area contributed by atoms with E-state index in [4.69, 9.17) is 5.73 Å². The summed E-state index contributed by atoms with van der Waals surface area (Å²) in [6.07, 6.45) is 0.732. The second-order valence-electron chi connectivity index (χ2n) is 3.61. The van der Waals surface area contributed by atoms with Crippen molar-refractivity contribution in [3.63, 3.8) is 0 Å². The Bertz CT molecular complexity index is 302. The van der Waals surface area contributed by atoms with Gasteiger partial charge in [-0.05, 0) is 6.42 Å². The largest absolute Gasteiger partial charge is 0.392 e. The Morgan fingerprint density at radius 2 is 2.57 bits per heavy atom. The fraction of sp³-hybridized carbons (Fsp3) is 0.667. The van der Waals surface area contributed by atoms with Crippen molar-refractivity contribution in [2.45, 2.75) is 25.6 Å². The van der Waals surface area contributed by atoms with Crippen LogP contribution in [0.2, 0.25) is 0 Å². The molecule has 0 aromatic carbocycles. The average Bonchev–Trinajstić information content (AvgIpc) is 2.76. The lowest BCUT2D eigenvalue weighted by molar-refractivity contribution is 0.174. The predicted molar refractivity (Wildman–Crippen MR) is 55.9 cm³/mol. The predicted octanol–water partition coefficient (Wildman–Crippen LogP) is 0.168. The fourth-order valence-corrected chi connectivity index (χ4v) is 2.37. The van der Waals surface area contributed by atoms with Gasteiger partial charge in [-0.3, -0.25) is 4.90 Å². The van der Waals surface area contributed by atoms with Crippen molar-refractivity contribution in [1.82, 2.24) is 9.88 Å². The summed E-state index contributed by atoms with van der Waals surface area (Å²) in [4.78, 5) is 6.61. The molecule has 2 heterocycles. The molecule has 1 aliphatic rings. The molecule has 4 nitrogen and oxygen atoms in total. The standard InChI is InChI=1S/C9H15N3OS/c10-3-9-11-7(6-14-9)4-12-2-1-8(13)5-12/h6,8,13H,1-5,10H2. The van der Waals surface area contributed by atoms with E-state index in [-0.39, 0.29) is 6.10 Å². The first-order valence-electron chi connectivity index (χ1n) is 4.81. The monoisotopic (exact) mass is 213 g/mol. The van der Waals surface area contributed by atoms with Crippen molar-refractivity contribution < 1.29 is 5.11 Å². The Morgan fingerprint density at radius 3 is 3.14 bits per heavy atom. The van der Waals surface area contributed by atoms with Crippen LogP contribution < -0.4 is 5.73 Å². The third-order valence-corrected chi connectivity index (χ3v) is 3.33. The summed E-state index contributed by atoms with van der Waals surface area (Å²) in [5, 5.41) is 12.4. The van der Waals surface area contributed by atoms with Crippen molar-refractivity contribution in [1.29, 1.82) is 0 Å². The molecule has 14 heavy (non-hydrogen) atoms. The lowest BCUT2D eigenvalue weighted by atomic mass is 10.3. The number of likely N-dealkylation sites (tertiary alicyclic amines) is 1. The van der Waals surface area contributed by atoms with Gasteiger partial charge in [-0.1, -0.05) is 0 Å². The van der Waals surface area contributed by atoms with Crippen LogP contribution in [0.1, 0.15) is 17.1 Å². The Labute approximate surface area is 87.4 Å². The molecule has 0 spiro atoms. The minimum absolute atomic E-state index is 0.150. The second-order valence-corrected chi connectivity index (χ2v) is 4.56. The highest BCUT2D eigenvalue weighted by Crippen LogP contribution is 2.15. The van der Waals surface area contributed by atoms with Gasteiger partial charge in [0.1, 0.15) is 5.01 Å². The maximum Gasteiger partial charge on any atom is 0.106 e. The van der Waals surface area contributed by atoms with Gasteiger partial charge in [0, 0.05) is 31.6 Å². The minimum atomic E-state index is -0.150. The van der Waals surface area contributed by atoms with Crippen LogP contribution >= 0.6 is 11.3 Å².